The highest BCUT2D eigenvalue weighted by atomic mass is 16.5. The molecule has 2 aliphatic rings. The van der Waals surface area contributed by atoms with Crippen LogP contribution in [-0.4, -0.2) is 20.6 Å². The summed E-state index contributed by atoms with van der Waals surface area (Å²) in [6.07, 6.45) is 29.0. The quantitative estimate of drug-likeness (QED) is 0.0872. The molecule has 4 aromatic carbocycles. The maximum Gasteiger partial charge on any atom is 0.186 e. The summed E-state index contributed by atoms with van der Waals surface area (Å²) in [5, 5.41) is 1.04. The van der Waals surface area contributed by atoms with E-state index in [2.05, 4.69) is 183 Å². The number of aromatic nitrogens is 3. The number of fused-ring (bicyclic) bond motifs is 4. The minimum Gasteiger partial charge on any atom is -0.471 e. The maximum absolute atomic E-state index is 6.59. The van der Waals surface area contributed by atoms with Crippen LogP contribution in [0.4, 0.5) is 0 Å². The van der Waals surface area contributed by atoms with Gasteiger partial charge in [0, 0.05) is 40.4 Å². The van der Waals surface area contributed by atoms with Gasteiger partial charge in [-0.25, -0.2) is 4.98 Å². The number of nitrogens with zero attached hydrogens (tertiary/aromatic N) is 3. The SMILES string of the molecule is C=C/C=C\C(=C/CC1=C/CC#CC2OC(/C=C\C)=C(N)C\2=C\1)c1ccc2c(c1)c1nc(-c3cccc(-c4cccc(-c5ccc(C=C)c(-c6ncccc6C)c5)c4)c3)ccc1n2C(/C=C\C)=C/C=C. The highest BCUT2D eigenvalue weighted by Gasteiger charge is 2.27. The predicted molar refractivity (Wildman–Crippen MR) is 292 cm³/mol. The van der Waals surface area contributed by atoms with E-state index in [1.54, 1.807) is 0 Å². The monoisotopic (exact) mass is 894 g/mol. The van der Waals surface area contributed by atoms with Crippen LogP contribution < -0.4 is 5.73 Å². The van der Waals surface area contributed by atoms with Crippen LogP contribution in [-0.2, 0) is 4.74 Å². The van der Waals surface area contributed by atoms with Gasteiger partial charge in [-0.3, -0.25) is 4.98 Å². The standard InChI is InChI=1S/C64H54N4O/c1-7-12-23-46(30-29-44-22-13-14-28-60-56(38-44)62(65)61(69-60)20-10-4)50-33-35-58-55(42-50)64-59(68(58)53(18-8-2)19-9-3)36-34-57(67-64)52-27-16-26-49(40-52)47-24-15-25-48(39-47)51-32-31-45(11-5)54(41-51)63-43(6)21-17-37-66-63/h7-12,15-27,30-42,60H,1-2,5,13,29,65H2,3-4,6H3/b19-9-,20-10-,23-12-,44-22-,46-30+,53-18+,56-38+. The van der Waals surface area contributed by atoms with Gasteiger partial charge < -0.3 is 15.0 Å². The lowest BCUT2D eigenvalue weighted by atomic mass is 9.93. The Kier molecular flexibility index (Phi) is 13.5. The molecule has 69 heavy (non-hydrogen) atoms. The third-order valence-electron chi connectivity index (χ3n) is 12.5. The average Bonchev–Trinajstić information content (AvgIpc) is 3.85. The number of allylic oxidation sites excluding steroid dienone is 15. The number of hydrogen-bond acceptors (Lipinski definition) is 4. The van der Waals surface area contributed by atoms with E-state index in [4.69, 9.17) is 20.4 Å². The van der Waals surface area contributed by atoms with Gasteiger partial charge in [-0.2, -0.15) is 0 Å². The molecule has 3 aromatic heterocycles. The molecule has 0 amide bonds. The average molecular weight is 895 g/mol. The van der Waals surface area contributed by atoms with Crippen molar-refractivity contribution in [3.8, 4) is 56.6 Å². The zero-order chi connectivity index (χ0) is 47.9. The number of aryl methyl sites for hydroxylation is 1. The van der Waals surface area contributed by atoms with E-state index in [9.17, 15) is 0 Å². The van der Waals surface area contributed by atoms with Gasteiger partial charge in [0.05, 0.1) is 33.6 Å². The van der Waals surface area contributed by atoms with E-state index in [0.29, 0.717) is 24.3 Å². The van der Waals surface area contributed by atoms with Crippen LogP contribution in [0.15, 0.2) is 231 Å². The molecule has 1 aliphatic carbocycles. The highest BCUT2D eigenvalue weighted by Crippen LogP contribution is 2.38. The van der Waals surface area contributed by atoms with E-state index in [1.165, 1.54) is 0 Å². The molecule has 0 saturated carbocycles. The number of hydrogen-bond donors (Lipinski definition) is 1. The van der Waals surface area contributed by atoms with Crippen LogP contribution in [0.1, 0.15) is 43.4 Å². The van der Waals surface area contributed by atoms with Crippen molar-refractivity contribution >= 4 is 39.3 Å². The number of pyridine rings is 2. The van der Waals surface area contributed by atoms with Gasteiger partial charge in [-0.15, -0.1) is 0 Å². The summed E-state index contributed by atoms with van der Waals surface area (Å²) in [6.45, 7) is 18.2. The van der Waals surface area contributed by atoms with Crippen molar-refractivity contribution in [2.24, 2.45) is 5.73 Å². The number of rotatable bonds is 14. The summed E-state index contributed by atoms with van der Waals surface area (Å²) in [5.41, 5.74) is 25.9. The van der Waals surface area contributed by atoms with E-state index < -0.39 is 0 Å². The molecule has 2 N–H and O–H groups in total. The second-order valence-electron chi connectivity index (χ2n) is 16.9. The van der Waals surface area contributed by atoms with Crippen molar-refractivity contribution in [1.82, 2.24) is 14.5 Å². The summed E-state index contributed by atoms with van der Waals surface area (Å²) in [5.74, 6) is 7.16. The first kappa shape index (κ1) is 45.4. The summed E-state index contributed by atoms with van der Waals surface area (Å²) in [6, 6.07) is 38.9. The Morgan fingerprint density at radius 1 is 0.826 bits per heavy atom. The fourth-order valence-electron chi connectivity index (χ4n) is 9.11. The van der Waals surface area contributed by atoms with E-state index in [1.807, 2.05) is 68.6 Å². The summed E-state index contributed by atoms with van der Waals surface area (Å²) in [4.78, 5) is 10.2. The van der Waals surface area contributed by atoms with Gasteiger partial charge in [0.1, 0.15) is 5.76 Å². The largest absolute Gasteiger partial charge is 0.471 e. The first-order valence-corrected chi connectivity index (χ1v) is 23.3. The minimum atomic E-state index is -0.375. The molecule has 0 saturated heterocycles. The fraction of sp³-hybridized carbons (Fsp3) is 0.0938. The molecule has 5 heteroatoms. The molecule has 0 radical (unpaired) electrons. The molecule has 4 heterocycles. The fourth-order valence-corrected chi connectivity index (χ4v) is 9.11. The van der Waals surface area contributed by atoms with E-state index >= 15 is 0 Å². The first-order chi connectivity index (χ1) is 33.8. The van der Waals surface area contributed by atoms with Crippen LogP contribution in [0.25, 0.3) is 84.1 Å². The Morgan fingerprint density at radius 2 is 1.59 bits per heavy atom. The number of benzene rings is 4. The van der Waals surface area contributed by atoms with Crippen molar-refractivity contribution in [3.63, 3.8) is 0 Å². The molecule has 0 bridgehead atoms. The van der Waals surface area contributed by atoms with Crippen molar-refractivity contribution in [3.05, 3.63) is 247 Å². The van der Waals surface area contributed by atoms with Crippen molar-refractivity contribution in [1.29, 1.82) is 0 Å². The second kappa shape index (κ2) is 20.4. The summed E-state index contributed by atoms with van der Waals surface area (Å²) < 4.78 is 8.39. The Labute approximate surface area is 406 Å². The zero-order valence-electron chi connectivity index (χ0n) is 39.4. The molecule has 0 spiro atoms. The number of ether oxygens (including phenoxy) is 1. The lowest BCUT2D eigenvalue weighted by molar-refractivity contribution is 0.223. The molecule has 0 fully saturated rings. The second-order valence-corrected chi connectivity index (χ2v) is 16.9. The van der Waals surface area contributed by atoms with Gasteiger partial charge in [0.2, 0.25) is 0 Å². The molecule has 336 valence electrons. The lowest BCUT2D eigenvalue weighted by Gasteiger charge is -2.12. The Hall–Kier alpha value is -8.72. The molecular weight excluding hydrogens is 841 g/mol. The molecule has 1 unspecified atom stereocenters. The van der Waals surface area contributed by atoms with Crippen LogP contribution in [0.5, 0.6) is 0 Å². The summed E-state index contributed by atoms with van der Waals surface area (Å²) in [7, 11) is 0. The van der Waals surface area contributed by atoms with Gasteiger partial charge >= 0.3 is 0 Å². The van der Waals surface area contributed by atoms with Crippen molar-refractivity contribution in [2.75, 3.05) is 0 Å². The molecule has 5 nitrogen and oxygen atoms in total. The lowest BCUT2D eigenvalue weighted by Crippen LogP contribution is -2.10. The van der Waals surface area contributed by atoms with Gasteiger partial charge in [0.15, 0.2) is 6.10 Å². The maximum atomic E-state index is 6.59. The summed E-state index contributed by atoms with van der Waals surface area (Å²) >= 11 is 0. The van der Waals surface area contributed by atoms with Crippen LogP contribution in [0.2, 0.25) is 0 Å². The smallest absolute Gasteiger partial charge is 0.186 e. The molecule has 9 rings (SSSR count). The van der Waals surface area contributed by atoms with Crippen LogP contribution >= 0.6 is 0 Å². The number of nitrogens with two attached hydrogens (primary N) is 1. The van der Waals surface area contributed by atoms with Gasteiger partial charge in [-0.05, 0) is 150 Å². The Morgan fingerprint density at radius 3 is 2.33 bits per heavy atom. The minimum absolute atomic E-state index is 0.375. The Balaban J connectivity index is 1.11. The first-order valence-electron chi connectivity index (χ1n) is 23.3. The van der Waals surface area contributed by atoms with Gasteiger partial charge in [-0.1, -0.05) is 147 Å². The topological polar surface area (TPSA) is 66.0 Å². The molecular formula is C64H54N4O. The third-order valence-corrected chi connectivity index (χ3v) is 12.5. The van der Waals surface area contributed by atoms with Crippen LogP contribution in [0.3, 0.4) is 0 Å². The van der Waals surface area contributed by atoms with E-state index in [-0.39, 0.29) is 6.10 Å². The normalized spacial score (nSPS) is 16.7. The molecule has 7 aromatic rings. The van der Waals surface area contributed by atoms with Crippen molar-refractivity contribution in [2.45, 2.75) is 39.7 Å². The predicted octanol–water partition coefficient (Wildman–Crippen LogP) is 15.7. The van der Waals surface area contributed by atoms with Gasteiger partial charge in [0.25, 0.3) is 0 Å². The zero-order valence-corrected chi connectivity index (χ0v) is 39.4. The van der Waals surface area contributed by atoms with E-state index in [0.717, 1.165) is 106 Å². The third kappa shape index (κ3) is 9.34. The van der Waals surface area contributed by atoms with Crippen molar-refractivity contribution < 1.29 is 4.74 Å². The van der Waals surface area contributed by atoms with Crippen LogP contribution in [0, 0.1) is 18.8 Å². The Bertz CT molecular complexity index is 3530. The molecule has 1 aliphatic heterocycles. The highest BCUT2D eigenvalue weighted by molar-refractivity contribution is 6.10. The molecule has 1 atom stereocenters.